The van der Waals surface area contributed by atoms with Gasteiger partial charge in [0.2, 0.25) is 0 Å². The van der Waals surface area contributed by atoms with Gasteiger partial charge >= 0.3 is 11.9 Å². The Kier molecular flexibility index (Phi) is 2.93. The summed E-state index contributed by atoms with van der Waals surface area (Å²) in [5.41, 5.74) is 0. The molecule has 1 rings (SSSR count). The summed E-state index contributed by atoms with van der Waals surface area (Å²) in [7, 11) is 0.984. The number of alkyl halides is 2. The standard InChI is InChI=1S/C7H10F2O2S/c1-11-6(10)7(8,9)5-2-3-12-4-5/h5H,2-4H2,1H3. The minimum Gasteiger partial charge on any atom is -0.465 e. The van der Waals surface area contributed by atoms with E-state index >= 15 is 0 Å². The van der Waals surface area contributed by atoms with Crippen LogP contribution in [0.2, 0.25) is 0 Å². The van der Waals surface area contributed by atoms with Crippen molar-refractivity contribution < 1.29 is 18.3 Å². The molecule has 1 heterocycles. The van der Waals surface area contributed by atoms with Gasteiger partial charge in [-0.2, -0.15) is 20.5 Å². The van der Waals surface area contributed by atoms with E-state index in [2.05, 4.69) is 4.74 Å². The van der Waals surface area contributed by atoms with E-state index in [1.165, 1.54) is 11.8 Å². The minimum absolute atomic E-state index is 0.349. The molecule has 0 spiro atoms. The van der Waals surface area contributed by atoms with E-state index in [4.69, 9.17) is 0 Å². The zero-order valence-corrected chi connectivity index (χ0v) is 7.50. The summed E-state index contributed by atoms with van der Waals surface area (Å²) in [5, 5.41) is 0. The van der Waals surface area contributed by atoms with E-state index < -0.39 is 17.8 Å². The molecular weight excluding hydrogens is 186 g/mol. The van der Waals surface area contributed by atoms with Gasteiger partial charge in [0.1, 0.15) is 0 Å². The van der Waals surface area contributed by atoms with Crippen molar-refractivity contribution in [2.24, 2.45) is 5.92 Å². The zero-order valence-electron chi connectivity index (χ0n) is 6.68. The van der Waals surface area contributed by atoms with Crippen LogP contribution in [-0.4, -0.2) is 30.5 Å². The first-order valence-corrected chi connectivity index (χ1v) is 4.78. The van der Waals surface area contributed by atoms with E-state index in [1.54, 1.807) is 0 Å². The summed E-state index contributed by atoms with van der Waals surface area (Å²) in [5.74, 6) is -4.48. The molecule has 12 heavy (non-hydrogen) atoms. The Balaban J connectivity index is 2.62. The van der Waals surface area contributed by atoms with Gasteiger partial charge in [0.05, 0.1) is 7.11 Å². The Morgan fingerprint density at radius 1 is 1.67 bits per heavy atom. The minimum atomic E-state index is -3.29. The van der Waals surface area contributed by atoms with Crippen LogP contribution in [-0.2, 0) is 9.53 Å². The van der Waals surface area contributed by atoms with Gasteiger partial charge < -0.3 is 4.74 Å². The monoisotopic (exact) mass is 196 g/mol. The molecule has 1 fully saturated rings. The predicted octanol–water partition coefficient (Wildman–Crippen LogP) is 1.55. The van der Waals surface area contributed by atoms with Crippen molar-refractivity contribution in [2.45, 2.75) is 12.3 Å². The number of ether oxygens (including phenoxy) is 1. The van der Waals surface area contributed by atoms with Crippen molar-refractivity contribution in [3.05, 3.63) is 0 Å². The molecule has 0 saturated carbocycles. The average molecular weight is 196 g/mol. The average Bonchev–Trinajstić information content (AvgIpc) is 2.55. The fourth-order valence-electron chi connectivity index (χ4n) is 1.12. The SMILES string of the molecule is COC(=O)C(F)(F)C1CCSC1. The zero-order chi connectivity index (χ0) is 9.19. The maximum Gasteiger partial charge on any atom is 0.377 e. The van der Waals surface area contributed by atoms with Crippen LogP contribution < -0.4 is 0 Å². The number of rotatable bonds is 2. The largest absolute Gasteiger partial charge is 0.465 e. The van der Waals surface area contributed by atoms with E-state index in [-0.39, 0.29) is 0 Å². The molecule has 70 valence electrons. The second-order valence-corrected chi connectivity index (χ2v) is 3.82. The maximum absolute atomic E-state index is 13.0. The van der Waals surface area contributed by atoms with Crippen LogP contribution >= 0.6 is 11.8 Å². The predicted molar refractivity (Wildman–Crippen MR) is 42.4 cm³/mol. The van der Waals surface area contributed by atoms with Crippen molar-refractivity contribution in [1.82, 2.24) is 0 Å². The molecule has 2 nitrogen and oxygen atoms in total. The van der Waals surface area contributed by atoms with Gasteiger partial charge in [-0.15, -0.1) is 0 Å². The fraction of sp³-hybridized carbons (Fsp3) is 0.857. The van der Waals surface area contributed by atoms with Crippen LogP contribution in [0.15, 0.2) is 0 Å². The van der Waals surface area contributed by atoms with Crippen molar-refractivity contribution in [3.63, 3.8) is 0 Å². The molecule has 1 atom stereocenters. The number of hydrogen-bond donors (Lipinski definition) is 0. The molecule has 0 aromatic carbocycles. The van der Waals surface area contributed by atoms with Crippen LogP contribution in [0.5, 0.6) is 0 Å². The van der Waals surface area contributed by atoms with Crippen molar-refractivity contribution >= 4 is 17.7 Å². The summed E-state index contributed by atoms with van der Waals surface area (Å²) in [6.45, 7) is 0. The van der Waals surface area contributed by atoms with Crippen LogP contribution in [0.1, 0.15) is 6.42 Å². The second kappa shape index (κ2) is 3.60. The topological polar surface area (TPSA) is 26.3 Å². The molecule has 0 N–H and O–H groups in total. The van der Waals surface area contributed by atoms with E-state index in [0.717, 1.165) is 7.11 Å². The highest BCUT2D eigenvalue weighted by Crippen LogP contribution is 2.36. The Bertz CT molecular complexity index is 178. The normalized spacial score (nSPS) is 24.1. The number of esters is 1. The Morgan fingerprint density at radius 3 is 2.75 bits per heavy atom. The van der Waals surface area contributed by atoms with Crippen LogP contribution in [0.4, 0.5) is 8.78 Å². The number of carbonyl (C=O) groups excluding carboxylic acids is 1. The molecule has 0 aliphatic carbocycles. The lowest BCUT2D eigenvalue weighted by Crippen LogP contribution is -2.38. The highest BCUT2D eigenvalue weighted by molar-refractivity contribution is 7.99. The Hall–Kier alpha value is -0.320. The van der Waals surface area contributed by atoms with Gasteiger partial charge in [-0.25, -0.2) is 4.79 Å². The van der Waals surface area contributed by atoms with Crippen LogP contribution in [0.3, 0.4) is 0 Å². The Morgan fingerprint density at radius 2 is 2.33 bits per heavy atom. The smallest absolute Gasteiger partial charge is 0.377 e. The number of methoxy groups -OCH3 is 1. The number of carbonyl (C=O) groups is 1. The number of thioether (sulfide) groups is 1. The third kappa shape index (κ3) is 1.71. The highest BCUT2D eigenvalue weighted by atomic mass is 32.2. The van der Waals surface area contributed by atoms with Crippen molar-refractivity contribution in [2.75, 3.05) is 18.6 Å². The van der Waals surface area contributed by atoms with Gasteiger partial charge in [-0.1, -0.05) is 0 Å². The molecule has 1 aliphatic heterocycles. The lowest BCUT2D eigenvalue weighted by molar-refractivity contribution is -0.175. The number of halogens is 2. The molecule has 0 aromatic rings. The Labute approximate surface area is 73.7 Å². The number of hydrogen-bond acceptors (Lipinski definition) is 3. The molecule has 0 bridgehead atoms. The van der Waals surface area contributed by atoms with Gasteiger partial charge in [-0.05, 0) is 12.2 Å². The first-order valence-electron chi connectivity index (χ1n) is 3.63. The van der Waals surface area contributed by atoms with Gasteiger partial charge in [0.25, 0.3) is 0 Å². The molecule has 0 aromatic heterocycles. The lowest BCUT2D eigenvalue weighted by atomic mass is 10.0. The van der Waals surface area contributed by atoms with Crippen molar-refractivity contribution in [1.29, 1.82) is 0 Å². The van der Waals surface area contributed by atoms with Crippen LogP contribution in [0, 0.1) is 5.92 Å². The quantitative estimate of drug-likeness (QED) is 0.627. The lowest BCUT2D eigenvalue weighted by Gasteiger charge is -2.18. The summed E-state index contributed by atoms with van der Waals surface area (Å²) in [6.07, 6.45) is 0.396. The third-order valence-electron chi connectivity index (χ3n) is 1.90. The summed E-state index contributed by atoms with van der Waals surface area (Å²) in [4.78, 5) is 10.6. The molecule has 5 heteroatoms. The summed E-state index contributed by atoms with van der Waals surface area (Å²) < 4.78 is 30.1. The van der Waals surface area contributed by atoms with Gasteiger partial charge in [0.15, 0.2) is 0 Å². The van der Waals surface area contributed by atoms with Gasteiger partial charge in [0, 0.05) is 11.7 Å². The molecular formula is C7H10F2O2S. The second-order valence-electron chi connectivity index (χ2n) is 2.68. The first kappa shape index (κ1) is 9.77. The van der Waals surface area contributed by atoms with Gasteiger partial charge in [-0.3, -0.25) is 0 Å². The molecule has 1 aliphatic rings. The first-order chi connectivity index (χ1) is 5.59. The summed E-state index contributed by atoms with van der Waals surface area (Å²) >= 11 is 1.45. The van der Waals surface area contributed by atoms with E-state index in [9.17, 15) is 13.6 Å². The summed E-state index contributed by atoms with van der Waals surface area (Å²) in [6, 6.07) is 0. The van der Waals surface area contributed by atoms with E-state index in [1.807, 2.05) is 0 Å². The van der Waals surface area contributed by atoms with Crippen LogP contribution in [0.25, 0.3) is 0 Å². The van der Waals surface area contributed by atoms with Crippen molar-refractivity contribution in [3.8, 4) is 0 Å². The maximum atomic E-state index is 13.0. The fourth-order valence-corrected chi connectivity index (χ4v) is 2.40. The molecule has 1 saturated heterocycles. The highest BCUT2D eigenvalue weighted by Gasteiger charge is 2.49. The third-order valence-corrected chi connectivity index (χ3v) is 3.06. The molecule has 0 amide bonds. The molecule has 1 unspecified atom stereocenters. The molecule has 0 radical (unpaired) electrons. The van der Waals surface area contributed by atoms with E-state index in [0.29, 0.717) is 17.9 Å².